The zero-order valence-corrected chi connectivity index (χ0v) is 15.3. The molecule has 3 nitrogen and oxygen atoms in total. The number of carbonyl (C=O) groups excluding carboxylic acids is 1. The fourth-order valence-electron chi connectivity index (χ4n) is 2.33. The van der Waals surface area contributed by atoms with Gasteiger partial charge in [-0.3, -0.25) is 4.79 Å². The summed E-state index contributed by atoms with van der Waals surface area (Å²) < 4.78 is 6.31. The van der Waals surface area contributed by atoms with E-state index in [0.717, 1.165) is 26.0 Å². The van der Waals surface area contributed by atoms with Crippen LogP contribution in [0.4, 0.5) is 0 Å². The highest BCUT2D eigenvalue weighted by atomic mass is 28.4. The van der Waals surface area contributed by atoms with Crippen LogP contribution in [0.5, 0.6) is 0 Å². The molecule has 1 aliphatic heterocycles. The molecule has 0 bridgehead atoms. The summed E-state index contributed by atoms with van der Waals surface area (Å²) in [6, 6.07) is 0.313. The lowest BCUT2D eigenvalue weighted by Gasteiger charge is -2.38. The number of likely N-dealkylation sites (tertiary alicyclic amines) is 1. The Hall–Kier alpha value is -0.353. The van der Waals surface area contributed by atoms with Crippen LogP contribution < -0.4 is 0 Å². The van der Waals surface area contributed by atoms with Crippen molar-refractivity contribution in [3.8, 4) is 0 Å². The molecule has 4 heteroatoms. The summed E-state index contributed by atoms with van der Waals surface area (Å²) in [4.78, 5) is 14.1. The number of unbranched alkanes of at least 4 members (excludes halogenated alkanes) is 2. The van der Waals surface area contributed by atoms with Crippen LogP contribution in [0.25, 0.3) is 0 Å². The number of carbonyl (C=O) groups is 1. The van der Waals surface area contributed by atoms with E-state index in [1.807, 2.05) is 0 Å². The lowest BCUT2D eigenvalue weighted by Crippen LogP contribution is -2.45. The third-order valence-corrected chi connectivity index (χ3v) is 9.40. The monoisotopic (exact) mass is 299 g/mol. The molecule has 0 spiro atoms. The van der Waals surface area contributed by atoms with E-state index in [4.69, 9.17) is 4.43 Å². The highest BCUT2D eigenvalue weighted by Gasteiger charge is 2.39. The first-order chi connectivity index (χ1) is 9.19. The van der Waals surface area contributed by atoms with Crippen molar-refractivity contribution in [2.24, 2.45) is 0 Å². The van der Waals surface area contributed by atoms with E-state index in [2.05, 4.69) is 45.7 Å². The zero-order chi connectivity index (χ0) is 15.4. The maximum atomic E-state index is 12.0. The number of nitrogens with zero attached hydrogens (tertiary/aromatic N) is 1. The van der Waals surface area contributed by atoms with E-state index in [1.165, 1.54) is 12.8 Å². The summed E-state index contributed by atoms with van der Waals surface area (Å²) in [5, 5.41) is 0.239. The van der Waals surface area contributed by atoms with Gasteiger partial charge in [0.15, 0.2) is 8.32 Å². The minimum atomic E-state index is -1.70. The van der Waals surface area contributed by atoms with E-state index < -0.39 is 8.32 Å². The van der Waals surface area contributed by atoms with Crippen LogP contribution in [0.1, 0.15) is 59.8 Å². The molecule has 1 unspecified atom stereocenters. The molecule has 1 heterocycles. The first kappa shape index (κ1) is 17.7. The molecule has 1 atom stereocenters. The number of rotatable bonds is 7. The summed E-state index contributed by atoms with van der Waals surface area (Å²) in [5.74, 6) is 0.324. The van der Waals surface area contributed by atoms with Gasteiger partial charge in [-0.05, 0) is 31.0 Å². The Morgan fingerprint density at radius 1 is 1.30 bits per heavy atom. The van der Waals surface area contributed by atoms with Crippen LogP contribution >= 0.6 is 0 Å². The minimum Gasteiger partial charge on any atom is -0.415 e. The van der Waals surface area contributed by atoms with E-state index in [-0.39, 0.29) is 5.04 Å². The summed E-state index contributed by atoms with van der Waals surface area (Å²) in [7, 11) is -1.70. The molecule has 20 heavy (non-hydrogen) atoms. The first-order valence-electron chi connectivity index (χ1n) is 8.12. The second-order valence-corrected chi connectivity index (χ2v) is 12.4. The van der Waals surface area contributed by atoms with Crippen molar-refractivity contribution in [1.82, 2.24) is 4.90 Å². The molecule has 0 saturated carbocycles. The second-order valence-electron chi connectivity index (χ2n) is 7.56. The first-order valence-corrected chi connectivity index (χ1v) is 11.0. The van der Waals surface area contributed by atoms with Crippen LogP contribution in [0.2, 0.25) is 18.1 Å². The average molecular weight is 300 g/mol. The summed E-state index contributed by atoms with van der Waals surface area (Å²) >= 11 is 0. The Kier molecular flexibility index (Phi) is 6.26. The molecule has 1 saturated heterocycles. The minimum absolute atomic E-state index is 0.239. The molecule has 1 aliphatic rings. The molecule has 0 N–H and O–H groups in total. The molecular formula is C16H33NO2Si. The predicted octanol–water partition coefficient (Wildman–Crippen LogP) is 4.19. The van der Waals surface area contributed by atoms with Gasteiger partial charge in [0.25, 0.3) is 0 Å². The Bertz CT molecular complexity index is 323. The van der Waals surface area contributed by atoms with Gasteiger partial charge in [-0.2, -0.15) is 0 Å². The quantitative estimate of drug-likeness (QED) is 0.521. The van der Waals surface area contributed by atoms with Gasteiger partial charge in [0.1, 0.15) is 0 Å². The fraction of sp³-hybridized carbons (Fsp3) is 0.938. The lowest BCUT2D eigenvalue weighted by atomic mass is 10.2. The van der Waals surface area contributed by atoms with Crippen LogP contribution in [0, 0.1) is 0 Å². The Morgan fingerprint density at radius 3 is 2.50 bits per heavy atom. The van der Waals surface area contributed by atoms with Crippen molar-refractivity contribution < 1.29 is 9.22 Å². The van der Waals surface area contributed by atoms with E-state index in [9.17, 15) is 4.79 Å². The average Bonchev–Trinajstić information content (AvgIpc) is 2.67. The summed E-state index contributed by atoms with van der Waals surface area (Å²) in [5.41, 5.74) is 0. The van der Waals surface area contributed by atoms with Gasteiger partial charge in [-0.1, -0.05) is 40.5 Å². The van der Waals surface area contributed by atoms with Gasteiger partial charge >= 0.3 is 0 Å². The third-order valence-electron chi connectivity index (χ3n) is 4.90. The van der Waals surface area contributed by atoms with Crippen LogP contribution in [0.3, 0.4) is 0 Å². The standard InChI is InChI=1S/C16H33NO2Si/c1-7-8-9-12-17-14(10-11-15(17)18)13-19-20(5,6)16(2,3)4/h14H,7-13H2,1-6H3. The number of hydrogen-bond donors (Lipinski definition) is 0. The van der Waals surface area contributed by atoms with Gasteiger partial charge in [0.05, 0.1) is 12.6 Å². The SMILES string of the molecule is CCCCCN1C(=O)CCC1CO[Si](C)(C)C(C)(C)C. The lowest BCUT2D eigenvalue weighted by molar-refractivity contribution is -0.129. The fourth-order valence-corrected chi connectivity index (χ4v) is 3.37. The normalized spacial score (nSPS) is 20.8. The Morgan fingerprint density at radius 2 is 1.95 bits per heavy atom. The molecule has 1 rings (SSSR count). The number of amides is 1. The maximum Gasteiger partial charge on any atom is 0.222 e. The topological polar surface area (TPSA) is 29.5 Å². The smallest absolute Gasteiger partial charge is 0.222 e. The second kappa shape index (κ2) is 7.08. The molecule has 1 fully saturated rings. The molecule has 1 amide bonds. The van der Waals surface area contributed by atoms with Crippen molar-refractivity contribution in [3.05, 3.63) is 0 Å². The highest BCUT2D eigenvalue weighted by molar-refractivity contribution is 6.74. The van der Waals surface area contributed by atoms with Crippen molar-refractivity contribution in [2.45, 2.75) is 84.0 Å². The van der Waals surface area contributed by atoms with E-state index >= 15 is 0 Å². The summed E-state index contributed by atoms with van der Waals surface area (Å²) in [6.45, 7) is 15.2. The largest absolute Gasteiger partial charge is 0.415 e. The molecule has 0 aliphatic carbocycles. The molecule has 0 aromatic carbocycles. The van der Waals surface area contributed by atoms with Gasteiger partial charge < -0.3 is 9.33 Å². The molecule has 118 valence electrons. The molecule has 0 aromatic heterocycles. The third kappa shape index (κ3) is 4.59. The van der Waals surface area contributed by atoms with E-state index in [1.54, 1.807) is 0 Å². The van der Waals surface area contributed by atoms with Gasteiger partial charge in [0, 0.05) is 13.0 Å². The van der Waals surface area contributed by atoms with Crippen LogP contribution in [-0.4, -0.2) is 38.3 Å². The van der Waals surface area contributed by atoms with Gasteiger partial charge in [-0.25, -0.2) is 0 Å². The van der Waals surface area contributed by atoms with E-state index in [0.29, 0.717) is 18.4 Å². The van der Waals surface area contributed by atoms with Gasteiger partial charge in [-0.15, -0.1) is 0 Å². The van der Waals surface area contributed by atoms with Crippen molar-refractivity contribution in [2.75, 3.05) is 13.2 Å². The van der Waals surface area contributed by atoms with Crippen LogP contribution in [-0.2, 0) is 9.22 Å². The van der Waals surface area contributed by atoms with Gasteiger partial charge in [0.2, 0.25) is 5.91 Å². The maximum absolute atomic E-state index is 12.0. The molecule has 0 radical (unpaired) electrons. The zero-order valence-electron chi connectivity index (χ0n) is 14.3. The van der Waals surface area contributed by atoms with Crippen LogP contribution in [0.15, 0.2) is 0 Å². The number of hydrogen-bond acceptors (Lipinski definition) is 2. The molecular weight excluding hydrogens is 266 g/mol. The summed E-state index contributed by atoms with van der Waals surface area (Å²) in [6.07, 6.45) is 5.21. The van der Waals surface area contributed by atoms with Crippen molar-refractivity contribution in [3.63, 3.8) is 0 Å². The van der Waals surface area contributed by atoms with Crippen molar-refractivity contribution >= 4 is 14.2 Å². The Labute approximate surface area is 126 Å². The van der Waals surface area contributed by atoms with Crippen molar-refractivity contribution in [1.29, 1.82) is 0 Å². The molecule has 0 aromatic rings. The Balaban J connectivity index is 2.51. The predicted molar refractivity (Wildman–Crippen MR) is 87.4 cm³/mol. The highest BCUT2D eigenvalue weighted by Crippen LogP contribution is 2.37.